The predicted molar refractivity (Wildman–Crippen MR) is 40.8 cm³/mol. The molecule has 0 heterocycles. The molecule has 0 atom stereocenters. The molecule has 0 aromatic rings. The first-order chi connectivity index (χ1) is 5.47. The van der Waals surface area contributed by atoms with Gasteiger partial charge in [0.25, 0.3) is 0 Å². The summed E-state index contributed by atoms with van der Waals surface area (Å²) in [6, 6.07) is 0. The minimum atomic E-state index is -4.06. The van der Waals surface area contributed by atoms with Gasteiger partial charge in [0.2, 0.25) is 0 Å². The average molecular weight is 181 g/mol. The van der Waals surface area contributed by atoms with E-state index in [-0.39, 0.29) is 0 Å². The fourth-order valence-corrected chi connectivity index (χ4v) is 1.65. The highest BCUT2D eigenvalue weighted by Gasteiger charge is 2.29. The van der Waals surface area contributed by atoms with Gasteiger partial charge in [-0.2, -0.15) is 13.2 Å². The number of nitrogens with one attached hydrogen (secondary N) is 1. The lowest BCUT2D eigenvalue weighted by Gasteiger charge is -2.32. The lowest BCUT2D eigenvalue weighted by Crippen LogP contribution is -2.36. The summed E-state index contributed by atoms with van der Waals surface area (Å²) in [5, 5.41) is 2.42. The lowest BCUT2D eigenvalue weighted by atomic mass is 9.76. The van der Waals surface area contributed by atoms with Crippen molar-refractivity contribution in [3.05, 3.63) is 0 Å². The molecule has 4 heteroatoms. The highest BCUT2D eigenvalue weighted by atomic mass is 19.4. The third-order valence-corrected chi connectivity index (χ3v) is 2.23. The van der Waals surface area contributed by atoms with Crippen LogP contribution in [0.15, 0.2) is 0 Å². The van der Waals surface area contributed by atoms with Crippen molar-refractivity contribution in [2.45, 2.75) is 25.9 Å². The van der Waals surface area contributed by atoms with Crippen LogP contribution in [0.5, 0.6) is 0 Å². The van der Waals surface area contributed by atoms with Gasteiger partial charge in [0, 0.05) is 0 Å². The molecule has 0 bridgehead atoms. The van der Waals surface area contributed by atoms with E-state index in [2.05, 4.69) is 12.2 Å². The summed E-state index contributed by atoms with van der Waals surface area (Å²) >= 11 is 0. The van der Waals surface area contributed by atoms with Gasteiger partial charge in [0.15, 0.2) is 0 Å². The Balaban J connectivity index is 1.97. The highest BCUT2D eigenvalue weighted by Crippen LogP contribution is 2.32. The van der Waals surface area contributed by atoms with Crippen LogP contribution in [0.1, 0.15) is 19.8 Å². The van der Waals surface area contributed by atoms with Crippen molar-refractivity contribution in [2.75, 3.05) is 13.1 Å². The summed E-state index contributed by atoms with van der Waals surface area (Å²) in [7, 11) is 0. The van der Waals surface area contributed by atoms with Crippen molar-refractivity contribution < 1.29 is 13.2 Å². The van der Waals surface area contributed by atoms with Gasteiger partial charge in [-0.3, -0.25) is 0 Å². The third-order valence-electron chi connectivity index (χ3n) is 2.23. The zero-order valence-electron chi connectivity index (χ0n) is 7.12. The van der Waals surface area contributed by atoms with Crippen molar-refractivity contribution in [1.82, 2.24) is 5.32 Å². The molecule has 0 unspecified atom stereocenters. The maximum Gasteiger partial charge on any atom is 0.401 e. The maximum absolute atomic E-state index is 11.6. The van der Waals surface area contributed by atoms with Crippen LogP contribution in [0.25, 0.3) is 0 Å². The molecule has 1 aliphatic carbocycles. The topological polar surface area (TPSA) is 12.0 Å². The number of hydrogen-bond donors (Lipinski definition) is 1. The first-order valence-corrected chi connectivity index (χ1v) is 4.25. The van der Waals surface area contributed by atoms with Crippen molar-refractivity contribution >= 4 is 0 Å². The summed E-state index contributed by atoms with van der Waals surface area (Å²) in [4.78, 5) is 0. The molecule has 1 rings (SSSR count). The van der Waals surface area contributed by atoms with Gasteiger partial charge in [-0.05, 0) is 31.2 Å². The summed E-state index contributed by atoms with van der Waals surface area (Å²) in [5.74, 6) is 1.19. The van der Waals surface area contributed by atoms with Crippen LogP contribution in [0.2, 0.25) is 0 Å². The SMILES string of the molecule is CC1CC(CNCC(F)(F)F)C1. The largest absolute Gasteiger partial charge is 0.401 e. The minimum Gasteiger partial charge on any atom is -0.308 e. The fourth-order valence-electron chi connectivity index (χ4n) is 1.65. The summed E-state index contributed by atoms with van der Waals surface area (Å²) in [6.07, 6.45) is -1.91. The van der Waals surface area contributed by atoms with E-state index in [9.17, 15) is 13.2 Å². The van der Waals surface area contributed by atoms with Gasteiger partial charge in [-0.15, -0.1) is 0 Å². The normalized spacial score (nSPS) is 30.0. The second kappa shape index (κ2) is 3.64. The van der Waals surface area contributed by atoms with Crippen molar-refractivity contribution in [2.24, 2.45) is 11.8 Å². The summed E-state index contributed by atoms with van der Waals surface area (Å²) in [5.41, 5.74) is 0. The minimum absolute atomic E-state index is 0.474. The Morgan fingerprint density at radius 1 is 1.33 bits per heavy atom. The first-order valence-electron chi connectivity index (χ1n) is 4.25. The molecule has 0 spiro atoms. The van der Waals surface area contributed by atoms with Gasteiger partial charge in [-0.1, -0.05) is 6.92 Å². The monoisotopic (exact) mass is 181 g/mol. The number of halogens is 3. The Hall–Kier alpha value is -0.250. The summed E-state index contributed by atoms with van der Waals surface area (Å²) < 4.78 is 34.9. The van der Waals surface area contributed by atoms with E-state index >= 15 is 0 Å². The molecule has 0 aromatic heterocycles. The van der Waals surface area contributed by atoms with E-state index < -0.39 is 12.7 Å². The molecule has 1 N–H and O–H groups in total. The summed E-state index contributed by atoms with van der Waals surface area (Å²) in [6.45, 7) is 1.79. The number of rotatable bonds is 3. The average Bonchev–Trinajstić information content (AvgIpc) is 1.81. The molecule has 1 saturated carbocycles. The number of hydrogen-bond acceptors (Lipinski definition) is 1. The van der Waals surface area contributed by atoms with Crippen LogP contribution in [-0.2, 0) is 0 Å². The molecule has 1 fully saturated rings. The van der Waals surface area contributed by atoms with E-state index in [0.717, 1.165) is 12.8 Å². The zero-order chi connectivity index (χ0) is 9.19. The van der Waals surface area contributed by atoms with Crippen LogP contribution >= 0.6 is 0 Å². The fraction of sp³-hybridized carbons (Fsp3) is 1.00. The van der Waals surface area contributed by atoms with Crippen molar-refractivity contribution in [3.8, 4) is 0 Å². The quantitative estimate of drug-likeness (QED) is 0.703. The standard InChI is InChI=1S/C8H14F3N/c1-6-2-7(3-6)4-12-5-8(9,10)11/h6-7,12H,2-5H2,1H3. The van der Waals surface area contributed by atoms with E-state index in [4.69, 9.17) is 0 Å². The Morgan fingerprint density at radius 2 is 1.92 bits per heavy atom. The van der Waals surface area contributed by atoms with E-state index in [1.165, 1.54) is 0 Å². The van der Waals surface area contributed by atoms with Crippen molar-refractivity contribution in [1.29, 1.82) is 0 Å². The van der Waals surface area contributed by atoms with E-state index in [1.54, 1.807) is 0 Å². The molecule has 12 heavy (non-hydrogen) atoms. The maximum atomic E-state index is 11.6. The Kier molecular flexibility index (Phi) is 2.99. The van der Waals surface area contributed by atoms with Gasteiger partial charge in [0.1, 0.15) is 0 Å². The molecule has 0 aliphatic heterocycles. The Labute approximate surface area is 70.3 Å². The Morgan fingerprint density at radius 3 is 2.33 bits per heavy atom. The lowest BCUT2D eigenvalue weighted by molar-refractivity contribution is -0.125. The molecule has 72 valence electrons. The molecule has 0 radical (unpaired) electrons. The second-order valence-corrected chi connectivity index (χ2v) is 3.69. The Bertz CT molecular complexity index is 138. The number of alkyl halides is 3. The van der Waals surface area contributed by atoms with E-state index in [0.29, 0.717) is 18.4 Å². The molecule has 0 aromatic carbocycles. The molecule has 1 aliphatic rings. The highest BCUT2D eigenvalue weighted by molar-refractivity contribution is 4.78. The van der Waals surface area contributed by atoms with E-state index in [1.807, 2.05) is 0 Å². The first kappa shape index (κ1) is 9.84. The molecule has 1 nitrogen and oxygen atoms in total. The zero-order valence-corrected chi connectivity index (χ0v) is 7.12. The molecular formula is C8H14F3N. The van der Waals surface area contributed by atoms with Gasteiger partial charge < -0.3 is 5.32 Å². The van der Waals surface area contributed by atoms with Crippen LogP contribution in [-0.4, -0.2) is 19.3 Å². The van der Waals surface area contributed by atoms with Gasteiger partial charge in [-0.25, -0.2) is 0 Å². The smallest absolute Gasteiger partial charge is 0.308 e. The van der Waals surface area contributed by atoms with Crippen LogP contribution < -0.4 is 5.32 Å². The van der Waals surface area contributed by atoms with Crippen LogP contribution in [0.4, 0.5) is 13.2 Å². The van der Waals surface area contributed by atoms with Gasteiger partial charge in [0.05, 0.1) is 6.54 Å². The van der Waals surface area contributed by atoms with Gasteiger partial charge >= 0.3 is 6.18 Å². The second-order valence-electron chi connectivity index (χ2n) is 3.69. The molecule has 0 amide bonds. The predicted octanol–water partition coefficient (Wildman–Crippen LogP) is 2.18. The molecule has 0 saturated heterocycles. The van der Waals surface area contributed by atoms with Crippen LogP contribution in [0, 0.1) is 11.8 Å². The van der Waals surface area contributed by atoms with Crippen LogP contribution in [0.3, 0.4) is 0 Å². The molecular weight excluding hydrogens is 167 g/mol. The van der Waals surface area contributed by atoms with Crippen molar-refractivity contribution in [3.63, 3.8) is 0 Å². The third kappa shape index (κ3) is 3.43.